The highest BCUT2D eigenvalue weighted by atomic mass is 16.4. The second-order valence-electron chi connectivity index (χ2n) is 5.83. The van der Waals surface area contributed by atoms with Crippen LogP contribution >= 0.6 is 0 Å². The van der Waals surface area contributed by atoms with Crippen LogP contribution in [0.15, 0.2) is 71.3 Å². The highest BCUT2D eigenvalue weighted by molar-refractivity contribution is 5.83. The van der Waals surface area contributed by atoms with Crippen LogP contribution in [0.2, 0.25) is 0 Å². The molecule has 4 aromatic rings. The fourth-order valence-corrected chi connectivity index (χ4v) is 2.86. The summed E-state index contributed by atoms with van der Waals surface area (Å²) in [6.07, 6.45) is 6.05. The Kier molecular flexibility index (Phi) is 3.85. The molecule has 1 unspecified atom stereocenters. The van der Waals surface area contributed by atoms with E-state index in [1.54, 1.807) is 6.07 Å². The summed E-state index contributed by atoms with van der Waals surface area (Å²) in [7, 11) is 0. The summed E-state index contributed by atoms with van der Waals surface area (Å²) in [6, 6.07) is 19.8. The fourth-order valence-electron chi connectivity index (χ4n) is 2.86. The van der Waals surface area contributed by atoms with Crippen LogP contribution in [0.25, 0.3) is 22.2 Å². The van der Waals surface area contributed by atoms with Gasteiger partial charge in [0, 0.05) is 10.9 Å². The summed E-state index contributed by atoms with van der Waals surface area (Å²) in [5.74, 6) is 3.29. The number of benzene rings is 2. The van der Waals surface area contributed by atoms with Crippen LogP contribution < -0.4 is 0 Å². The highest BCUT2D eigenvalue weighted by Gasteiger charge is 2.12. The number of rotatable bonds is 4. The molecule has 0 amide bonds. The number of hydrogen-bond acceptors (Lipinski definition) is 3. The first kappa shape index (κ1) is 15.3. The van der Waals surface area contributed by atoms with Crippen molar-refractivity contribution in [1.29, 1.82) is 0 Å². The van der Waals surface area contributed by atoms with Gasteiger partial charge in [-0.05, 0) is 35.9 Å². The molecule has 0 radical (unpaired) electrons. The predicted molar refractivity (Wildman–Crippen MR) is 96.8 cm³/mol. The quantitative estimate of drug-likeness (QED) is 0.576. The molecule has 0 aliphatic heterocycles. The summed E-state index contributed by atoms with van der Waals surface area (Å²) < 4.78 is 7.63. The Balaban J connectivity index is 1.66. The SMILES string of the molecule is C#CC(O)c1ccc(-c2ccc3c(cnn3Cc3ccccc3)c2)o1. The van der Waals surface area contributed by atoms with Gasteiger partial charge in [-0.2, -0.15) is 5.10 Å². The standard InChI is InChI=1S/C21H16N2O2/c1-2-19(24)21-11-10-20(25-21)16-8-9-18-17(12-16)13-22-23(18)14-15-6-4-3-5-7-15/h1,3-13,19,24H,14H2. The fraction of sp³-hybridized carbons (Fsp3) is 0.0952. The monoisotopic (exact) mass is 328 g/mol. The zero-order valence-electron chi connectivity index (χ0n) is 13.5. The molecule has 2 aromatic heterocycles. The Morgan fingerprint density at radius 3 is 2.76 bits per heavy atom. The number of fused-ring (bicyclic) bond motifs is 1. The van der Waals surface area contributed by atoms with E-state index < -0.39 is 6.10 Å². The minimum atomic E-state index is -1.02. The first-order valence-corrected chi connectivity index (χ1v) is 7.98. The molecule has 4 heteroatoms. The Morgan fingerprint density at radius 2 is 1.96 bits per heavy atom. The maximum atomic E-state index is 9.66. The number of terminal acetylenes is 1. The van der Waals surface area contributed by atoms with Gasteiger partial charge in [-0.1, -0.05) is 36.3 Å². The summed E-state index contributed by atoms with van der Waals surface area (Å²) in [4.78, 5) is 0. The second kappa shape index (κ2) is 6.31. The lowest BCUT2D eigenvalue weighted by molar-refractivity contribution is 0.207. The third-order valence-electron chi connectivity index (χ3n) is 4.16. The lowest BCUT2D eigenvalue weighted by atomic mass is 10.1. The van der Waals surface area contributed by atoms with Gasteiger partial charge in [0.2, 0.25) is 0 Å². The zero-order chi connectivity index (χ0) is 17.2. The maximum Gasteiger partial charge on any atom is 0.172 e. The Bertz CT molecular complexity index is 1050. The molecule has 0 saturated heterocycles. The number of aromatic nitrogens is 2. The molecular formula is C21H16N2O2. The van der Waals surface area contributed by atoms with E-state index in [4.69, 9.17) is 10.8 Å². The van der Waals surface area contributed by atoms with Crippen LogP contribution in [0.3, 0.4) is 0 Å². The van der Waals surface area contributed by atoms with E-state index in [2.05, 4.69) is 23.2 Å². The number of nitrogens with zero attached hydrogens (tertiary/aromatic N) is 2. The minimum absolute atomic E-state index is 0.373. The summed E-state index contributed by atoms with van der Waals surface area (Å²) in [5, 5.41) is 15.2. The third-order valence-corrected chi connectivity index (χ3v) is 4.16. The highest BCUT2D eigenvalue weighted by Crippen LogP contribution is 2.28. The summed E-state index contributed by atoms with van der Waals surface area (Å²) in [6.45, 7) is 0.725. The van der Waals surface area contributed by atoms with Crippen LogP contribution in [-0.2, 0) is 6.54 Å². The molecular weight excluding hydrogens is 312 g/mol. The van der Waals surface area contributed by atoms with Gasteiger partial charge in [-0.3, -0.25) is 4.68 Å². The van der Waals surface area contributed by atoms with Gasteiger partial charge < -0.3 is 9.52 Å². The molecule has 4 nitrogen and oxygen atoms in total. The lowest BCUT2D eigenvalue weighted by Gasteiger charge is -2.04. The van der Waals surface area contributed by atoms with Gasteiger partial charge in [-0.15, -0.1) is 6.42 Å². The molecule has 0 spiro atoms. The maximum absolute atomic E-state index is 9.66. The average Bonchev–Trinajstić information content (AvgIpc) is 3.29. The van der Waals surface area contributed by atoms with Crippen molar-refractivity contribution >= 4 is 10.9 Å². The summed E-state index contributed by atoms with van der Waals surface area (Å²) >= 11 is 0. The van der Waals surface area contributed by atoms with Crippen LogP contribution in [0.1, 0.15) is 17.4 Å². The van der Waals surface area contributed by atoms with Crippen molar-refractivity contribution in [2.24, 2.45) is 0 Å². The van der Waals surface area contributed by atoms with Crippen molar-refractivity contribution < 1.29 is 9.52 Å². The van der Waals surface area contributed by atoms with E-state index in [0.29, 0.717) is 11.5 Å². The van der Waals surface area contributed by atoms with Crippen LogP contribution in [0, 0.1) is 12.3 Å². The van der Waals surface area contributed by atoms with Gasteiger partial charge in [0.05, 0.1) is 18.3 Å². The Labute approximate surface area is 145 Å². The van der Waals surface area contributed by atoms with Gasteiger partial charge in [0.25, 0.3) is 0 Å². The van der Waals surface area contributed by atoms with Crippen molar-refractivity contribution in [2.75, 3.05) is 0 Å². The molecule has 0 bridgehead atoms. The number of aliphatic hydroxyl groups is 1. The molecule has 0 fully saturated rings. The van der Waals surface area contributed by atoms with Crippen molar-refractivity contribution in [2.45, 2.75) is 12.6 Å². The molecule has 0 aliphatic rings. The molecule has 1 atom stereocenters. The zero-order valence-corrected chi connectivity index (χ0v) is 13.5. The molecule has 2 heterocycles. The summed E-state index contributed by atoms with van der Waals surface area (Å²) in [5.41, 5.74) is 3.18. The van der Waals surface area contributed by atoms with Crippen LogP contribution in [0.5, 0.6) is 0 Å². The van der Waals surface area contributed by atoms with Crippen molar-refractivity contribution in [1.82, 2.24) is 9.78 Å². The Hall–Kier alpha value is -3.29. The van der Waals surface area contributed by atoms with Crippen LogP contribution in [-0.4, -0.2) is 14.9 Å². The Morgan fingerprint density at radius 1 is 1.12 bits per heavy atom. The second-order valence-corrected chi connectivity index (χ2v) is 5.83. The van der Waals surface area contributed by atoms with E-state index in [1.165, 1.54) is 5.56 Å². The average molecular weight is 328 g/mol. The molecule has 0 aliphatic carbocycles. The van der Waals surface area contributed by atoms with E-state index in [9.17, 15) is 5.11 Å². The van der Waals surface area contributed by atoms with Gasteiger partial charge in [-0.25, -0.2) is 0 Å². The molecule has 122 valence electrons. The normalized spacial score (nSPS) is 12.2. The van der Waals surface area contributed by atoms with Crippen molar-refractivity contribution in [3.63, 3.8) is 0 Å². The molecule has 1 N–H and O–H groups in total. The predicted octanol–water partition coefficient (Wildman–Crippen LogP) is 4.01. The topological polar surface area (TPSA) is 51.2 Å². The van der Waals surface area contributed by atoms with Gasteiger partial charge >= 0.3 is 0 Å². The minimum Gasteiger partial charge on any atom is -0.457 e. The molecule has 25 heavy (non-hydrogen) atoms. The first-order chi connectivity index (χ1) is 12.2. The number of furan rings is 1. The first-order valence-electron chi connectivity index (χ1n) is 7.98. The number of hydrogen-bond donors (Lipinski definition) is 1. The van der Waals surface area contributed by atoms with Crippen LogP contribution in [0.4, 0.5) is 0 Å². The van der Waals surface area contributed by atoms with Gasteiger partial charge in [0.15, 0.2) is 6.10 Å². The third kappa shape index (κ3) is 2.93. The number of aliphatic hydroxyl groups excluding tert-OH is 1. The smallest absolute Gasteiger partial charge is 0.172 e. The van der Waals surface area contributed by atoms with E-state index in [1.807, 2.05) is 53.3 Å². The van der Waals surface area contributed by atoms with Gasteiger partial charge in [0.1, 0.15) is 11.5 Å². The van der Waals surface area contributed by atoms with E-state index in [0.717, 1.165) is 23.0 Å². The van der Waals surface area contributed by atoms with E-state index in [-0.39, 0.29) is 0 Å². The largest absolute Gasteiger partial charge is 0.457 e. The lowest BCUT2D eigenvalue weighted by Crippen LogP contribution is -2.00. The molecule has 4 rings (SSSR count). The van der Waals surface area contributed by atoms with Crippen molar-refractivity contribution in [3.05, 3.63) is 78.2 Å². The van der Waals surface area contributed by atoms with E-state index >= 15 is 0 Å². The molecule has 0 saturated carbocycles. The molecule has 2 aromatic carbocycles. The van der Waals surface area contributed by atoms with Crippen molar-refractivity contribution in [3.8, 4) is 23.7 Å².